The van der Waals surface area contributed by atoms with Crippen molar-refractivity contribution in [1.82, 2.24) is 9.78 Å². The van der Waals surface area contributed by atoms with Crippen LogP contribution in [-0.4, -0.2) is 36.1 Å². The zero-order chi connectivity index (χ0) is 24.8. The second-order valence-electron chi connectivity index (χ2n) is 9.17. The Morgan fingerprint density at radius 2 is 1.89 bits per heavy atom. The van der Waals surface area contributed by atoms with Gasteiger partial charge in [-0.1, -0.05) is 31.9 Å². The molecule has 35 heavy (non-hydrogen) atoms. The molecule has 0 saturated carbocycles. The molecule has 186 valence electrons. The third kappa shape index (κ3) is 6.21. The number of anilines is 3. The minimum Gasteiger partial charge on any atom is -0.382 e. The van der Waals surface area contributed by atoms with E-state index in [4.69, 9.17) is 16.3 Å². The number of rotatable bonds is 9. The Morgan fingerprint density at radius 1 is 1.20 bits per heavy atom. The highest BCUT2D eigenvalue weighted by molar-refractivity contribution is 6.32. The first-order chi connectivity index (χ1) is 17.0. The number of hydrogen-bond donors (Lipinski definition) is 1. The zero-order valence-corrected chi connectivity index (χ0v) is 21.0. The molecule has 3 aromatic rings. The number of nitrogens with one attached hydrogen (secondary N) is 1. The van der Waals surface area contributed by atoms with E-state index < -0.39 is 0 Å². The fraction of sp³-hybridized carbons (Fsp3) is 0.407. The van der Waals surface area contributed by atoms with Gasteiger partial charge in [0.05, 0.1) is 24.2 Å². The van der Waals surface area contributed by atoms with Gasteiger partial charge >= 0.3 is 0 Å². The van der Waals surface area contributed by atoms with Crippen molar-refractivity contribution in [2.75, 3.05) is 36.5 Å². The van der Waals surface area contributed by atoms with Gasteiger partial charge in [0.2, 0.25) is 0 Å². The van der Waals surface area contributed by atoms with Crippen molar-refractivity contribution in [1.29, 1.82) is 0 Å². The third-order valence-electron chi connectivity index (χ3n) is 6.49. The van der Waals surface area contributed by atoms with Gasteiger partial charge in [0.1, 0.15) is 10.8 Å². The quantitative estimate of drug-likeness (QED) is 0.389. The highest BCUT2D eigenvalue weighted by Crippen LogP contribution is 2.28. The molecule has 6 nitrogen and oxygen atoms in total. The number of hydrogen-bond acceptors (Lipinski definition) is 5. The predicted octanol–water partition coefficient (Wildman–Crippen LogP) is 6.05. The van der Waals surface area contributed by atoms with Crippen molar-refractivity contribution >= 4 is 28.7 Å². The molecule has 2 heterocycles. The van der Waals surface area contributed by atoms with Crippen LogP contribution in [0.5, 0.6) is 0 Å². The number of nitrogens with zero attached hydrogens (tertiary/aromatic N) is 3. The van der Waals surface area contributed by atoms with Crippen LogP contribution in [-0.2, 0) is 4.74 Å². The summed E-state index contributed by atoms with van der Waals surface area (Å²) in [5.74, 6) is 0.581. The molecule has 2 atom stereocenters. The summed E-state index contributed by atoms with van der Waals surface area (Å²) in [6.07, 6.45) is 4.76. The van der Waals surface area contributed by atoms with Crippen LogP contribution in [0, 0.1) is 17.7 Å². The Labute approximate surface area is 210 Å². The highest BCUT2D eigenvalue weighted by atomic mass is 35.5. The first-order valence-corrected chi connectivity index (χ1v) is 12.6. The molecule has 2 unspecified atom stereocenters. The molecule has 1 aliphatic heterocycles. The fourth-order valence-electron chi connectivity index (χ4n) is 4.16. The molecule has 0 aliphatic carbocycles. The smallest absolute Gasteiger partial charge is 0.292 e. The molecule has 1 saturated heterocycles. The van der Waals surface area contributed by atoms with Gasteiger partial charge in [-0.15, -0.1) is 0 Å². The van der Waals surface area contributed by atoms with Crippen molar-refractivity contribution in [3.63, 3.8) is 0 Å². The molecule has 1 N–H and O–H groups in total. The zero-order valence-electron chi connectivity index (χ0n) is 20.2. The summed E-state index contributed by atoms with van der Waals surface area (Å²) >= 11 is 6.41. The van der Waals surface area contributed by atoms with E-state index in [1.165, 1.54) is 16.8 Å². The van der Waals surface area contributed by atoms with Gasteiger partial charge < -0.3 is 15.0 Å². The Morgan fingerprint density at radius 3 is 2.51 bits per heavy atom. The number of benzene rings is 2. The van der Waals surface area contributed by atoms with Crippen LogP contribution in [0.15, 0.2) is 59.5 Å². The third-order valence-corrected chi connectivity index (χ3v) is 6.86. The van der Waals surface area contributed by atoms with Crippen LogP contribution < -0.4 is 15.8 Å². The van der Waals surface area contributed by atoms with E-state index >= 15 is 0 Å². The lowest BCUT2D eigenvalue weighted by atomic mass is 10.0. The summed E-state index contributed by atoms with van der Waals surface area (Å²) in [4.78, 5) is 15.1. The van der Waals surface area contributed by atoms with Crippen LogP contribution in [0.4, 0.5) is 21.5 Å². The van der Waals surface area contributed by atoms with Crippen molar-refractivity contribution < 1.29 is 9.13 Å². The van der Waals surface area contributed by atoms with Crippen LogP contribution in [0.1, 0.15) is 33.1 Å². The summed E-state index contributed by atoms with van der Waals surface area (Å²) in [6, 6.07) is 14.1. The summed E-state index contributed by atoms with van der Waals surface area (Å²) in [6.45, 7) is 7.35. The Balaban J connectivity index is 1.54. The molecule has 0 amide bonds. The molecule has 1 aromatic heterocycles. The van der Waals surface area contributed by atoms with E-state index in [1.54, 1.807) is 18.3 Å². The van der Waals surface area contributed by atoms with Crippen LogP contribution >= 0.6 is 11.6 Å². The number of aromatic nitrogens is 2. The van der Waals surface area contributed by atoms with Gasteiger partial charge in [-0.3, -0.25) is 4.79 Å². The first-order valence-electron chi connectivity index (χ1n) is 12.2. The van der Waals surface area contributed by atoms with Gasteiger partial charge in [0.15, 0.2) is 0 Å². The average Bonchev–Trinajstić information content (AvgIpc) is 2.89. The first kappa shape index (κ1) is 25.2. The highest BCUT2D eigenvalue weighted by Gasteiger charge is 2.17. The molecule has 0 bridgehead atoms. The van der Waals surface area contributed by atoms with Gasteiger partial charge in [-0.25, -0.2) is 4.39 Å². The molecular formula is C27H32ClFN4O2. The van der Waals surface area contributed by atoms with Crippen molar-refractivity contribution in [2.24, 2.45) is 11.8 Å². The molecule has 2 aromatic carbocycles. The Bertz CT molecular complexity index is 1160. The fourth-order valence-corrected chi connectivity index (χ4v) is 4.35. The van der Waals surface area contributed by atoms with Gasteiger partial charge in [-0.05, 0) is 73.2 Å². The molecule has 4 rings (SSSR count). The van der Waals surface area contributed by atoms with Gasteiger partial charge in [0, 0.05) is 31.1 Å². The number of halogens is 2. The average molecular weight is 499 g/mol. The lowest BCUT2D eigenvalue weighted by molar-refractivity contribution is 0.0595. The molecule has 8 heteroatoms. The molecule has 0 radical (unpaired) electrons. The maximum Gasteiger partial charge on any atom is 0.292 e. The van der Waals surface area contributed by atoms with Crippen LogP contribution in [0.3, 0.4) is 0 Å². The monoisotopic (exact) mass is 498 g/mol. The van der Waals surface area contributed by atoms with E-state index in [-0.39, 0.29) is 16.4 Å². The van der Waals surface area contributed by atoms with Crippen molar-refractivity contribution in [3.8, 4) is 5.69 Å². The van der Waals surface area contributed by atoms with Crippen molar-refractivity contribution in [3.05, 3.63) is 75.9 Å². The Kier molecular flexibility index (Phi) is 8.42. The van der Waals surface area contributed by atoms with E-state index in [2.05, 4.69) is 29.2 Å². The van der Waals surface area contributed by atoms with Crippen LogP contribution in [0.2, 0.25) is 5.02 Å². The molecule has 1 fully saturated rings. The predicted molar refractivity (Wildman–Crippen MR) is 140 cm³/mol. The van der Waals surface area contributed by atoms with Crippen LogP contribution in [0.25, 0.3) is 5.69 Å². The van der Waals surface area contributed by atoms with Gasteiger partial charge in [-0.2, -0.15) is 9.78 Å². The van der Waals surface area contributed by atoms with Gasteiger partial charge in [0.25, 0.3) is 5.56 Å². The minimum atomic E-state index is -0.376. The van der Waals surface area contributed by atoms with E-state index in [0.29, 0.717) is 36.4 Å². The Hall–Kier alpha value is -2.90. The summed E-state index contributed by atoms with van der Waals surface area (Å²) < 4.78 is 20.3. The van der Waals surface area contributed by atoms with E-state index in [9.17, 15) is 9.18 Å². The summed E-state index contributed by atoms with van der Waals surface area (Å²) in [7, 11) is 0. The maximum atomic E-state index is 13.5. The maximum absolute atomic E-state index is 13.5. The molecular weight excluding hydrogens is 467 g/mol. The topological polar surface area (TPSA) is 59.4 Å². The standard InChI is InChI=1S/C27H32ClFN4O2/c1-3-19(2)17-32(22-8-6-21(29)7-9-22)23-10-12-24(13-11-23)33-27(34)26(28)25(16-31-33)30-15-20-5-4-14-35-18-20/h6-13,16,19-20,30H,3-5,14-15,17-18H2,1-2H3. The molecule has 0 spiro atoms. The second kappa shape index (κ2) is 11.7. The largest absolute Gasteiger partial charge is 0.382 e. The molecule has 1 aliphatic rings. The lowest BCUT2D eigenvalue weighted by Gasteiger charge is -2.28. The summed E-state index contributed by atoms with van der Waals surface area (Å²) in [5, 5.41) is 7.71. The van der Waals surface area contributed by atoms with Crippen molar-refractivity contribution in [2.45, 2.75) is 33.1 Å². The summed E-state index contributed by atoms with van der Waals surface area (Å²) in [5.41, 5.74) is 2.64. The van der Waals surface area contributed by atoms with E-state index in [0.717, 1.165) is 43.8 Å². The number of ether oxygens (including phenoxy) is 1. The van der Waals surface area contributed by atoms with E-state index in [1.807, 2.05) is 24.3 Å². The normalized spacial score (nSPS) is 16.6. The SMILES string of the molecule is CCC(C)CN(c1ccc(F)cc1)c1ccc(-n2ncc(NCC3CCCOC3)c(Cl)c2=O)cc1. The lowest BCUT2D eigenvalue weighted by Crippen LogP contribution is -2.27. The second-order valence-corrected chi connectivity index (χ2v) is 9.55. The minimum absolute atomic E-state index is 0.116.